The normalized spacial score (nSPS) is 13.5. The maximum atomic E-state index is 10.9. The third kappa shape index (κ3) is 4.76. The molecular weight excluding hydrogens is 178 g/mol. The molecule has 13 heavy (non-hydrogen) atoms. The molecule has 0 amide bonds. The van der Waals surface area contributed by atoms with Crippen molar-refractivity contribution in [2.45, 2.75) is 19.4 Å². The summed E-state index contributed by atoms with van der Waals surface area (Å²) in [5, 5.41) is 17.8. The van der Waals surface area contributed by atoms with Gasteiger partial charge in [-0.15, -0.1) is 0 Å². The first-order valence-electron chi connectivity index (χ1n) is 3.78. The molecule has 0 aliphatic rings. The molecule has 0 aromatic heterocycles. The van der Waals surface area contributed by atoms with Gasteiger partial charge in [-0.25, -0.2) is 9.80 Å². The fourth-order valence-corrected chi connectivity index (χ4v) is 0.665. The Bertz CT molecular complexity index is 164. The summed E-state index contributed by atoms with van der Waals surface area (Å²) in [7, 11) is 0. The number of nitrogens with zero attached hydrogens (tertiary/aromatic N) is 1. The minimum atomic E-state index is -1.63. The molecule has 0 aliphatic carbocycles. The van der Waals surface area contributed by atoms with Crippen molar-refractivity contribution >= 4 is 5.97 Å². The number of carbonyl (C=O) groups is 1. The summed E-state index contributed by atoms with van der Waals surface area (Å²) in [4.78, 5) is 10.9. The Morgan fingerprint density at radius 3 is 2.54 bits per heavy atom. The van der Waals surface area contributed by atoms with E-state index < -0.39 is 18.4 Å². The van der Waals surface area contributed by atoms with Crippen LogP contribution in [0.3, 0.4) is 0 Å². The molecule has 6 N–H and O–H groups in total. The van der Waals surface area contributed by atoms with Crippen molar-refractivity contribution in [3.05, 3.63) is 0 Å². The molecule has 0 saturated carbocycles. The van der Waals surface area contributed by atoms with Crippen LogP contribution in [-0.2, 0) is 9.53 Å². The van der Waals surface area contributed by atoms with Crippen LogP contribution in [0.5, 0.6) is 0 Å². The van der Waals surface area contributed by atoms with E-state index in [1.165, 1.54) is 0 Å². The lowest BCUT2D eigenvalue weighted by molar-refractivity contribution is -0.151. The fraction of sp³-hybridized carbons (Fsp3) is 0.833. The molecular formula is C6H15N3O4. The second-order valence-corrected chi connectivity index (χ2v) is 2.37. The number of hydrogen-bond acceptors (Lipinski definition) is 7. The molecule has 0 aromatic carbocycles. The topological polar surface area (TPSA) is 122 Å². The third-order valence-corrected chi connectivity index (χ3v) is 1.26. The smallest absolute Gasteiger partial charge is 0.339 e. The summed E-state index contributed by atoms with van der Waals surface area (Å²) in [6.07, 6.45) is -2.81. The molecule has 1 atom stereocenters. The summed E-state index contributed by atoms with van der Waals surface area (Å²) in [5.41, 5.74) is 5.30. The molecule has 0 heterocycles. The van der Waals surface area contributed by atoms with Gasteiger partial charge in [0.1, 0.15) is 0 Å². The van der Waals surface area contributed by atoms with E-state index in [1.807, 2.05) is 0 Å². The van der Waals surface area contributed by atoms with Gasteiger partial charge in [-0.2, -0.15) is 0 Å². The first-order chi connectivity index (χ1) is 5.99. The molecule has 0 fully saturated rings. The number of hydrogen-bond donors (Lipinski definition) is 4. The van der Waals surface area contributed by atoms with Crippen LogP contribution in [0, 0.1) is 0 Å². The van der Waals surface area contributed by atoms with E-state index in [9.17, 15) is 4.79 Å². The van der Waals surface area contributed by atoms with Gasteiger partial charge in [-0.1, -0.05) is 0 Å². The number of rotatable bonds is 5. The number of esters is 1. The van der Waals surface area contributed by atoms with Crippen LogP contribution < -0.4 is 11.6 Å². The predicted molar refractivity (Wildman–Crippen MR) is 43.7 cm³/mol. The zero-order chi connectivity index (χ0) is 10.4. The molecule has 0 aliphatic heterocycles. The molecule has 0 saturated heterocycles. The fourth-order valence-electron chi connectivity index (χ4n) is 0.665. The average Bonchev–Trinajstić information content (AvgIpc) is 2.02. The molecule has 0 aromatic rings. The van der Waals surface area contributed by atoms with E-state index >= 15 is 0 Å². The van der Waals surface area contributed by atoms with Gasteiger partial charge in [0.15, 0.2) is 12.5 Å². The van der Waals surface area contributed by atoms with E-state index in [-0.39, 0.29) is 13.2 Å². The number of carbonyl (C=O) groups excluding carboxylic acids is 1. The lowest BCUT2D eigenvalue weighted by Gasteiger charge is -2.22. The third-order valence-electron chi connectivity index (χ3n) is 1.26. The monoisotopic (exact) mass is 193 g/mol. The Labute approximate surface area is 75.8 Å². The molecule has 7 heteroatoms. The second kappa shape index (κ2) is 5.84. The Balaban J connectivity index is 3.93. The van der Waals surface area contributed by atoms with E-state index in [2.05, 4.69) is 4.74 Å². The van der Waals surface area contributed by atoms with Crippen molar-refractivity contribution < 1.29 is 19.7 Å². The minimum Gasteiger partial charge on any atom is -0.464 e. The molecule has 0 radical (unpaired) electrons. The standard InChI is InChI=1S/C6H15N3O4/c1-2-13-6(12)5(7)9(8)3-4(10)11/h4-5,10-11H,2-3,7-8H2,1H3/t5-/m1/s1. The van der Waals surface area contributed by atoms with Gasteiger partial charge in [0.05, 0.1) is 13.2 Å². The summed E-state index contributed by atoms with van der Waals surface area (Å²) in [6, 6.07) is 0. The Hall–Kier alpha value is -0.730. The first-order valence-corrected chi connectivity index (χ1v) is 3.78. The largest absolute Gasteiger partial charge is 0.464 e. The predicted octanol–water partition coefficient (Wildman–Crippen LogP) is -2.68. The van der Waals surface area contributed by atoms with Gasteiger partial charge in [0.2, 0.25) is 0 Å². The van der Waals surface area contributed by atoms with E-state index in [1.54, 1.807) is 6.92 Å². The van der Waals surface area contributed by atoms with Crippen molar-refractivity contribution in [3.63, 3.8) is 0 Å². The first kappa shape index (κ1) is 12.3. The van der Waals surface area contributed by atoms with E-state index in [0.717, 1.165) is 5.01 Å². The summed E-state index contributed by atoms with van der Waals surface area (Å²) < 4.78 is 4.56. The molecule has 78 valence electrons. The molecule has 0 rings (SSSR count). The van der Waals surface area contributed by atoms with Gasteiger partial charge in [-0.3, -0.25) is 5.84 Å². The van der Waals surface area contributed by atoms with Crippen LogP contribution in [0.2, 0.25) is 0 Å². The van der Waals surface area contributed by atoms with Crippen molar-refractivity contribution in [2.24, 2.45) is 11.6 Å². The van der Waals surface area contributed by atoms with Crippen LogP contribution in [-0.4, -0.2) is 46.8 Å². The van der Waals surface area contributed by atoms with Crippen LogP contribution in [0.4, 0.5) is 0 Å². The Morgan fingerprint density at radius 1 is 1.62 bits per heavy atom. The van der Waals surface area contributed by atoms with Crippen molar-refractivity contribution in [2.75, 3.05) is 13.2 Å². The van der Waals surface area contributed by atoms with E-state index in [0.29, 0.717) is 0 Å². The number of aliphatic hydroxyl groups is 2. The van der Waals surface area contributed by atoms with Gasteiger partial charge in [0, 0.05) is 0 Å². The molecule has 0 bridgehead atoms. The van der Waals surface area contributed by atoms with Gasteiger partial charge in [0.25, 0.3) is 0 Å². The van der Waals surface area contributed by atoms with Crippen molar-refractivity contribution in [1.29, 1.82) is 0 Å². The summed E-state index contributed by atoms with van der Waals surface area (Å²) in [5.74, 6) is 4.53. The number of hydrazine groups is 1. The highest BCUT2D eigenvalue weighted by atomic mass is 16.5. The maximum Gasteiger partial charge on any atom is 0.339 e. The molecule has 0 unspecified atom stereocenters. The maximum absolute atomic E-state index is 10.9. The quantitative estimate of drug-likeness (QED) is 0.162. The van der Waals surface area contributed by atoms with E-state index in [4.69, 9.17) is 21.8 Å². The lowest BCUT2D eigenvalue weighted by atomic mass is 10.4. The van der Waals surface area contributed by atoms with Gasteiger partial charge in [-0.05, 0) is 6.92 Å². The highest BCUT2D eigenvalue weighted by Crippen LogP contribution is 1.91. The Kier molecular flexibility index (Phi) is 5.51. The highest BCUT2D eigenvalue weighted by molar-refractivity contribution is 5.74. The van der Waals surface area contributed by atoms with Crippen LogP contribution in [0.25, 0.3) is 0 Å². The zero-order valence-corrected chi connectivity index (χ0v) is 7.38. The van der Waals surface area contributed by atoms with Crippen LogP contribution >= 0.6 is 0 Å². The van der Waals surface area contributed by atoms with Gasteiger partial charge >= 0.3 is 5.97 Å². The average molecular weight is 193 g/mol. The molecule has 0 spiro atoms. The SMILES string of the molecule is CCOC(=O)[C@H](N)N(N)CC(O)O. The number of nitrogens with two attached hydrogens (primary N) is 2. The van der Waals surface area contributed by atoms with Gasteiger partial charge < -0.3 is 20.7 Å². The number of aliphatic hydroxyl groups excluding tert-OH is 1. The minimum absolute atomic E-state index is 0.196. The van der Waals surface area contributed by atoms with Crippen molar-refractivity contribution in [1.82, 2.24) is 5.01 Å². The van der Waals surface area contributed by atoms with Crippen LogP contribution in [0.1, 0.15) is 6.92 Å². The van der Waals surface area contributed by atoms with Crippen LogP contribution in [0.15, 0.2) is 0 Å². The summed E-state index contributed by atoms with van der Waals surface area (Å²) >= 11 is 0. The summed E-state index contributed by atoms with van der Waals surface area (Å²) in [6.45, 7) is 1.51. The lowest BCUT2D eigenvalue weighted by Crippen LogP contribution is -2.54. The van der Waals surface area contributed by atoms with Crippen molar-refractivity contribution in [3.8, 4) is 0 Å². The highest BCUT2D eigenvalue weighted by Gasteiger charge is 2.21. The number of ether oxygens (including phenoxy) is 1. The molecule has 7 nitrogen and oxygen atoms in total. The zero-order valence-electron chi connectivity index (χ0n) is 7.38. The Morgan fingerprint density at radius 2 is 2.15 bits per heavy atom. The second-order valence-electron chi connectivity index (χ2n) is 2.37.